The second kappa shape index (κ2) is 3.84. The van der Waals surface area contributed by atoms with Crippen LogP contribution in [0.3, 0.4) is 0 Å². The van der Waals surface area contributed by atoms with E-state index < -0.39 is 0 Å². The van der Waals surface area contributed by atoms with E-state index in [1.807, 2.05) is 18.2 Å². The van der Waals surface area contributed by atoms with Crippen molar-refractivity contribution in [3.63, 3.8) is 0 Å². The molecule has 1 aromatic rings. The molecule has 0 unspecified atom stereocenters. The van der Waals surface area contributed by atoms with Crippen LogP contribution in [0.2, 0.25) is 5.02 Å². The smallest absolute Gasteiger partial charge is 0.166 e. The van der Waals surface area contributed by atoms with Crippen LogP contribution in [0, 0.1) is 11.3 Å². The highest BCUT2D eigenvalue weighted by Gasteiger charge is 2.45. The fourth-order valence-electron chi connectivity index (χ4n) is 3.61. The lowest BCUT2D eigenvalue weighted by Gasteiger charge is -2.44. The lowest BCUT2D eigenvalue weighted by molar-refractivity contribution is 0.0602. The molecule has 0 heterocycles. The van der Waals surface area contributed by atoms with Gasteiger partial charge in [0, 0.05) is 16.5 Å². The molecule has 0 aromatic heterocycles. The number of rotatable bonds is 0. The molecule has 0 N–H and O–H groups in total. The van der Waals surface area contributed by atoms with Crippen molar-refractivity contribution in [1.29, 1.82) is 0 Å². The van der Waals surface area contributed by atoms with Gasteiger partial charge in [0.25, 0.3) is 0 Å². The van der Waals surface area contributed by atoms with Crippen molar-refractivity contribution in [2.75, 3.05) is 0 Å². The third-order valence-electron chi connectivity index (χ3n) is 4.58. The molecular weight excluding hydrogens is 232 g/mol. The molecule has 0 radical (unpaired) electrons. The van der Waals surface area contributed by atoms with E-state index in [0.717, 1.165) is 18.4 Å². The maximum atomic E-state index is 12.5. The molecule has 2 heteroatoms. The molecule has 0 bridgehead atoms. The summed E-state index contributed by atoms with van der Waals surface area (Å²) in [7, 11) is 0. The van der Waals surface area contributed by atoms with E-state index in [0.29, 0.717) is 10.8 Å². The highest BCUT2D eigenvalue weighted by atomic mass is 35.5. The predicted molar refractivity (Wildman–Crippen MR) is 69.6 cm³/mol. The summed E-state index contributed by atoms with van der Waals surface area (Å²) in [5.74, 6) is 0.554. The topological polar surface area (TPSA) is 17.1 Å². The Hall–Kier alpha value is -0.820. The Morgan fingerprint density at radius 2 is 2.18 bits per heavy atom. The molecule has 2 atom stereocenters. The van der Waals surface area contributed by atoms with Gasteiger partial charge in [-0.05, 0) is 42.4 Å². The van der Waals surface area contributed by atoms with Crippen LogP contribution in [0.1, 0.15) is 48.5 Å². The van der Waals surface area contributed by atoms with E-state index in [2.05, 4.69) is 6.92 Å². The third-order valence-corrected chi connectivity index (χ3v) is 4.82. The Bertz CT molecular complexity index is 480. The minimum atomic E-state index is 0.191. The molecule has 0 saturated heterocycles. The quantitative estimate of drug-likeness (QED) is 0.670. The van der Waals surface area contributed by atoms with Gasteiger partial charge < -0.3 is 0 Å². The van der Waals surface area contributed by atoms with Crippen molar-refractivity contribution in [1.82, 2.24) is 0 Å². The molecular formula is C15H17ClO. The normalized spacial score (nSPS) is 31.9. The van der Waals surface area contributed by atoms with Crippen molar-refractivity contribution in [3.8, 4) is 0 Å². The van der Waals surface area contributed by atoms with E-state index in [-0.39, 0.29) is 11.3 Å². The first-order chi connectivity index (χ1) is 8.10. The van der Waals surface area contributed by atoms with Gasteiger partial charge in [0.2, 0.25) is 0 Å². The number of benzene rings is 1. The van der Waals surface area contributed by atoms with Gasteiger partial charge in [-0.15, -0.1) is 0 Å². The molecule has 1 fully saturated rings. The number of fused-ring (bicyclic) bond motifs is 2. The Labute approximate surface area is 107 Å². The number of ketones is 1. The molecule has 0 spiro atoms. The van der Waals surface area contributed by atoms with Crippen LogP contribution in [-0.2, 0) is 6.42 Å². The maximum absolute atomic E-state index is 12.5. The van der Waals surface area contributed by atoms with Gasteiger partial charge in [0.15, 0.2) is 5.78 Å². The number of halogens is 1. The first-order valence-electron chi connectivity index (χ1n) is 6.43. The number of carbonyl (C=O) groups is 1. The van der Waals surface area contributed by atoms with E-state index >= 15 is 0 Å². The lowest BCUT2D eigenvalue weighted by Crippen LogP contribution is -2.42. The van der Waals surface area contributed by atoms with Gasteiger partial charge in [0.05, 0.1) is 0 Å². The summed E-state index contributed by atoms with van der Waals surface area (Å²) >= 11 is 6.00. The highest BCUT2D eigenvalue weighted by Crippen LogP contribution is 2.48. The van der Waals surface area contributed by atoms with Crippen molar-refractivity contribution in [2.45, 2.75) is 39.0 Å². The Balaban J connectivity index is 2.09. The van der Waals surface area contributed by atoms with E-state index in [9.17, 15) is 4.79 Å². The van der Waals surface area contributed by atoms with Crippen molar-refractivity contribution in [3.05, 3.63) is 34.3 Å². The zero-order valence-corrected chi connectivity index (χ0v) is 10.9. The number of hydrogen-bond acceptors (Lipinski definition) is 1. The second-order valence-corrected chi connectivity index (χ2v) is 6.23. The van der Waals surface area contributed by atoms with Crippen LogP contribution in [-0.4, -0.2) is 5.78 Å². The summed E-state index contributed by atoms with van der Waals surface area (Å²) in [6.45, 7) is 2.28. The third kappa shape index (κ3) is 1.72. The second-order valence-electron chi connectivity index (χ2n) is 5.79. The summed E-state index contributed by atoms with van der Waals surface area (Å²) in [6.07, 6.45) is 5.74. The number of carbonyl (C=O) groups excluding carboxylic acids is 1. The fourth-order valence-corrected chi connectivity index (χ4v) is 3.79. The first kappa shape index (κ1) is 11.3. The zero-order valence-electron chi connectivity index (χ0n) is 10.1. The molecule has 3 rings (SSSR count). The molecule has 2 aliphatic rings. The van der Waals surface area contributed by atoms with Gasteiger partial charge in [-0.3, -0.25) is 4.79 Å². The van der Waals surface area contributed by atoms with Crippen LogP contribution < -0.4 is 0 Å². The SMILES string of the molecule is C[C@@]12CCCC[C@H]1C(=O)c1cc(Cl)ccc1C2. The standard InChI is InChI=1S/C15H17ClO/c1-15-7-3-2-4-13(15)14(17)12-8-11(16)6-5-10(12)9-15/h5-6,8,13H,2-4,7,9H2,1H3/t13-,15-/m0/s1. The van der Waals surface area contributed by atoms with Gasteiger partial charge in [-0.25, -0.2) is 0 Å². The van der Waals surface area contributed by atoms with Crippen LogP contribution in [0.4, 0.5) is 0 Å². The number of Topliss-reactive ketones (excluding diaryl/α,β-unsaturated/α-hetero) is 1. The number of hydrogen-bond donors (Lipinski definition) is 0. The largest absolute Gasteiger partial charge is 0.294 e. The fraction of sp³-hybridized carbons (Fsp3) is 0.533. The van der Waals surface area contributed by atoms with E-state index in [1.165, 1.54) is 24.8 Å². The van der Waals surface area contributed by atoms with E-state index in [4.69, 9.17) is 11.6 Å². The molecule has 1 nitrogen and oxygen atoms in total. The average Bonchev–Trinajstić information content (AvgIpc) is 2.30. The zero-order chi connectivity index (χ0) is 12.0. The molecule has 0 aliphatic heterocycles. The molecule has 17 heavy (non-hydrogen) atoms. The summed E-state index contributed by atoms with van der Waals surface area (Å²) in [5.41, 5.74) is 2.26. The van der Waals surface area contributed by atoms with Crippen molar-refractivity contribution < 1.29 is 4.79 Å². The van der Waals surface area contributed by atoms with E-state index in [1.54, 1.807) is 0 Å². The molecule has 0 amide bonds. The van der Waals surface area contributed by atoms with Gasteiger partial charge in [0.1, 0.15) is 0 Å². The van der Waals surface area contributed by atoms with Crippen LogP contribution in [0.15, 0.2) is 18.2 Å². The monoisotopic (exact) mass is 248 g/mol. The van der Waals surface area contributed by atoms with Gasteiger partial charge in [-0.1, -0.05) is 37.4 Å². The molecule has 90 valence electrons. The summed E-state index contributed by atoms with van der Waals surface area (Å²) in [5, 5.41) is 0.677. The maximum Gasteiger partial charge on any atom is 0.166 e. The van der Waals surface area contributed by atoms with Gasteiger partial charge >= 0.3 is 0 Å². The minimum absolute atomic E-state index is 0.191. The van der Waals surface area contributed by atoms with Crippen molar-refractivity contribution >= 4 is 17.4 Å². The average molecular weight is 249 g/mol. The Kier molecular flexibility index (Phi) is 2.55. The summed E-state index contributed by atoms with van der Waals surface area (Å²) < 4.78 is 0. The minimum Gasteiger partial charge on any atom is -0.294 e. The highest BCUT2D eigenvalue weighted by molar-refractivity contribution is 6.31. The Morgan fingerprint density at radius 1 is 1.35 bits per heavy atom. The summed E-state index contributed by atoms with van der Waals surface area (Å²) in [4.78, 5) is 12.5. The summed E-state index contributed by atoms with van der Waals surface area (Å²) in [6, 6.07) is 5.79. The Morgan fingerprint density at radius 3 is 3.00 bits per heavy atom. The van der Waals surface area contributed by atoms with Crippen LogP contribution in [0.5, 0.6) is 0 Å². The molecule has 1 saturated carbocycles. The van der Waals surface area contributed by atoms with Crippen LogP contribution in [0.25, 0.3) is 0 Å². The lowest BCUT2D eigenvalue weighted by atomic mass is 9.59. The van der Waals surface area contributed by atoms with Crippen LogP contribution >= 0.6 is 11.6 Å². The van der Waals surface area contributed by atoms with Gasteiger partial charge in [-0.2, -0.15) is 0 Å². The molecule has 2 aliphatic carbocycles. The molecule has 1 aromatic carbocycles. The van der Waals surface area contributed by atoms with Crippen molar-refractivity contribution in [2.24, 2.45) is 11.3 Å². The first-order valence-corrected chi connectivity index (χ1v) is 6.81. The predicted octanol–water partition coefficient (Wildman–Crippen LogP) is 4.28.